The summed E-state index contributed by atoms with van der Waals surface area (Å²) in [6, 6.07) is 0. The quantitative estimate of drug-likeness (QED) is 0.201. The summed E-state index contributed by atoms with van der Waals surface area (Å²) in [5.74, 6) is -3.58. The Morgan fingerprint density at radius 2 is 1.61 bits per heavy atom. The highest BCUT2D eigenvalue weighted by molar-refractivity contribution is 7.85. The average molecular weight is 466 g/mol. The topological polar surface area (TPSA) is 147 Å². The van der Waals surface area contributed by atoms with Crippen LogP contribution in [0.15, 0.2) is 0 Å². The highest BCUT2D eigenvalue weighted by Gasteiger charge is 2.46. The normalized spacial score (nSPS) is 17.2. The molecule has 1 amide bonds. The van der Waals surface area contributed by atoms with Crippen LogP contribution in [-0.4, -0.2) is 53.8 Å². The van der Waals surface area contributed by atoms with E-state index in [-0.39, 0.29) is 19.4 Å². The van der Waals surface area contributed by atoms with Gasteiger partial charge in [-0.1, -0.05) is 27.2 Å². The molecule has 0 saturated carbocycles. The first-order valence-corrected chi connectivity index (χ1v) is 12.2. The number of rotatable bonds is 14. The van der Waals surface area contributed by atoms with Gasteiger partial charge in [0.15, 0.2) is 0 Å². The fourth-order valence-electron chi connectivity index (χ4n) is 3.64. The number of ether oxygens (including phenoxy) is 1. The number of aliphatic carboxylic acids is 1. The van der Waals surface area contributed by atoms with Gasteiger partial charge in [0.05, 0.1) is 28.7 Å². The summed E-state index contributed by atoms with van der Waals surface area (Å²) in [6.07, 6.45) is 1.89. The van der Waals surface area contributed by atoms with Crippen LogP contribution in [-0.2, 0) is 29.2 Å². The van der Waals surface area contributed by atoms with E-state index in [0.29, 0.717) is 6.42 Å². The predicted octanol–water partition coefficient (Wildman–Crippen LogP) is 3.04. The van der Waals surface area contributed by atoms with Crippen LogP contribution in [0.3, 0.4) is 0 Å². The Balaban J connectivity index is 5.45. The number of hydrogen-bond donors (Lipinski definition) is 3. The van der Waals surface area contributed by atoms with Crippen LogP contribution in [0.2, 0.25) is 0 Å². The molecule has 3 atom stereocenters. The number of esters is 1. The van der Waals surface area contributed by atoms with Crippen LogP contribution in [0.5, 0.6) is 0 Å². The molecule has 3 unspecified atom stereocenters. The molecule has 31 heavy (non-hydrogen) atoms. The summed E-state index contributed by atoms with van der Waals surface area (Å²) in [4.78, 5) is 37.4. The fourth-order valence-corrected chi connectivity index (χ4v) is 4.62. The van der Waals surface area contributed by atoms with Crippen molar-refractivity contribution in [1.82, 2.24) is 5.32 Å². The van der Waals surface area contributed by atoms with E-state index in [9.17, 15) is 27.9 Å². The second-order valence-electron chi connectivity index (χ2n) is 9.65. The Hall–Kier alpha value is -1.68. The zero-order chi connectivity index (χ0) is 24.7. The third kappa shape index (κ3) is 9.99. The lowest BCUT2D eigenvalue weighted by molar-refractivity contribution is -0.162. The SMILES string of the molecule is CCCCOC(=O)C(C)(CC)CC(C)(CC(C)C(=O)NC(C)(C)CS(=O)(=O)O)C(=O)O. The molecule has 0 heterocycles. The molecular formula is C21H39NO8S. The van der Waals surface area contributed by atoms with Crippen molar-refractivity contribution < 1.29 is 37.2 Å². The molecule has 0 saturated heterocycles. The summed E-state index contributed by atoms with van der Waals surface area (Å²) in [6.45, 7) is 11.6. The Labute approximate surface area is 186 Å². The van der Waals surface area contributed by atoms with Gasteiger partial charge in [-0.05, 0) is 53.4 Å². The molecule has 0 aromatic carbocycles. The van der Waals surface area contributed by atoms with Gasteiger partial charge in [0.1, 0.15) is 0 Å². The summed E-state index contributed by atoms with van der Waals surface area (Å²) in [5.41, 5.74) is -3.65. The largest absolute Gasteiger partial charge is 0.481 e. The van der Waals surface area contributed by atoms with Crippen LogP contribution in [0, 0.1) is 16.7 Å². The van der Waals surface area contributed by atoms with Gasteiger partial charge in [0.25, 0.3) is 10.1 Å². The lowest BCUT2D eigenvalue weighted by Crippen LogP contribution is -2.51. The van der Waals surface area contributed by atoms with Crippen LogP contribution in [0.4, 0.5) is 0 Å². The van der Waals surface area contributed by atoms with E-state index < -0.39 is 56.0 Å². The van der Waals surface area contributed by atoms with Crippen molar-refractivity contribution in [2.24, 2.45) is 16.7 Å². The molecule has 0 fully saturated rings. The first kappa shape index (κ1) is 29.3. The van der Waals surface area contributed by atoms with Gasteiger partial charge in [-0.25, -0.2) is 0 Å². The second-order valence-corrected chi connectivity index (χ2v) is 11.1. The number of nitrogens with one attached hydrogen (secondary N) is 1. The second kappa shape index (κ2) is 11.3. The minimum Gasteiger partial charge on any atom is -0.481 e. The van der Waals surface area contributed by atoms with E-state index in [2.05, 4.69) is 5.32 Å². The van der Waals surface area contributed by atoms with Crippen LogP contribution < -0.4 is 5.32 Å². The molecule has 0 aliphatic rings. The van der Waals surface area contributed by atoms with E-state index in [1.54, 1.807) is 20.8 Å². The number of carboxylic acid groups (broad SMARTS) is 1. The molecule has 10 heteroatoms. The molecular weight excluding hydrogens is 426 g/mol. The Morgan fingerprint density at radius 3 is 2.03 bits per heavy atom. The van der Waals surface area contributed by atoms with Gasteiger partial charge in [0, 0.05) is 5.92 Å². The number of amides is 1. The van der Waals surface area contributed by atoms with E-state index in [1.807, 2.05) is 6.92 Å². The van der Waals surface area contributed by atoms with Crippen molar-refractivity contribution in [3.8, 4) is 0 Å². The van der Waals surface area contributed by atoms with Crippen molar-refractivity contribution >= 4 is 28.0 Å². The number of unbranched alkanes of at least 4 members (excludes halogenated alkanes) is 1. The number of hydrogen-bond acceptors (Lipinski definition) is 6. The van der Waals surface area contributed by atoms with E-state index in [1.165, 1.54) is 20.8 Å². The molecule has 0 radical (unpaired) electrons. The third-order valence-corrected chi connectivity index (χ3v) is 6.60. The van der Waals surface area contributed by atoms with Gasteiger partial charge in [-0.15, -0.1) is 0 Å². The lowest BCUT2D eigenvalue weighted by atomic mass is 9.68. The first-order chi connectivity index (χ1) is 13.9. The zero-order valence-electron chi connectivity index (χ0n) is 19.8. The minimum absolute atomic E-state index is 0.0111. The average Bonchev–Trinajstić information content (AvgIpc) is 2.58. The molecule has 0 aromatic rings. The maximum Gasteiger partial charge on any atom is 0.311 e. The summed E-state index contributed by atoms with van der Waals surface area (Å²) >= 11 is 0. The Bertz CT molecular complexity index is 748. The van der Waals surface area contributed by atoms with E-state index >= 15 is 0 Å². The summed E-state index contributed by atoms with van der Waals surface area (Å²) in [5, 5.41) is 12.5. The molecule has 3 N–H and O–H groups in total. The van der Waals surface area contributed by atoms with Crippen LogP contribution in [0.1, 0.15) is 80.6 Å². The molecule has 0 aliphatic heterocycles. The summed E-state index contributed by atoms with van der Waals surface area (Å²) in [7, 11) is -4.31. The van der Waals surface area contributed by atoms with Gasteiger partial charge < -0.3 is 15.2 Å². The molecule has 0 aromatic heterocycles. The van der Waals surface area contributed by atoms with Crippen molar-refractivity contribution in [3.05, 3.63) is 0 Å². The number of carbonyl (C=O) groups is 3. The highest BCUT2D eigenvalue weighted by atomic mass is 32.2. The maximum atomic E-state index is 12.6. The number of carboxylic acids is 1. The van der Waals surface area contributed by atoms with Crippen molar-refractivity contribution in [1.29, 1.82) is 0 Å². The first-order valence-electron chi connectivity index (χ1n) is 10.6. The van der Waals surface area contributed by atoms with Crippen molar-refractivity contribution in [3.63, 3.8) is 0 Å². The smallest absolute Gasteiger partial charge is 0.311 e. The Morgan fingerprint density at radius 1 is 1.06 bits per heavy atom. The zero-order valence-corrected chi connectivity index (χ0v) is 20.6. The minimum atomic E-state index is -4.31. The fraction of sp³-hybridized carbons (Fsp3) is 0.857. The van der Waals surface area contributed by atoms with Crippen molar-refractivity contribution in [2.75, 3.05) is 12.4 Å². The van der Waals surface area contributed by atoms with Crippen molar-refractivity contribution in [2.45, 2.75) is 86.1 Å². The van der Waals surface area contributed by atoms with Gasteiger partial charge >= 0.3 is 11.9 Å². The third-order valence-electron chi connectivity index (χ3n) is 5.51. The number of carbonyl (C=O) groups excluding carboxylic acids is 2. The molecule has 0 spiro atoms. The van der Waals surface area contributed by atoms with Crippen LogP contribution >= 0.6 is 0 Å². The van der Waals surface area contributed by atoms with Gasteiger partial charge in [-0.2, -0.15) is 8.42 Å². The highest BCUT2D eigenvalue weighted by Crippen LogP contribution is 2.42. The molecule has 0 rings (SSSR count). The molecule has 0 bridgehead atoms. The lowest BCUT2D eigenvalue weighted by Gasteiger charge is -2.36. The van der Waals surface area contributed by atoms with E-state index in [0.717, 1.165) is 12.8 Å². The standard InChI is InChI=1S/C21H39NO8S/c1-8-10-11-30-18(26)20(6,9-2)13-21(7,17(24)25)12-15(3)16(23)22-19(4,5)14-31(27,28)29/h15H,8-14H2,1-7H3,(H,22,23)(H,24,25)(H,27,28,29). The molecule has 0 aliphatic carbocycles. The van der Waals surface area contributed by atoms with Crippen LogP contribution in [0.25, 0.3) is 0 Å². The maximum absolute atomic E-state index is 12.6. The van der Waals surface area contributed by atoms with Gasteiger partial charge in [0.2, 0.25) is 5.91 Å². The monoisotopic (exact) mass is 465 g/mol. The predicted molar refractivity (Wildman–Crippen MR) is 117 cm³/mol. The summed E-state index contributed by atoms with van der Waals surface area (Å²) < 4.78 is 36.7. The van der Waals surface area contributed by atoms with Gasteiger partial charge in [-0.3, -0.25) is 18.9 Å². The molecule has 9 nitrogen and oxygen atoms in total. The molecule has 182 valence electrons. The van der Waals surface area contributed by atoms with E-state index in [4.69, 9.17) is 9.29 Å². The Kier molecular flexibility index (Phi) is 10.7.